The molecule has 0 atom stereocenters. The van der Waals surface area contributed by atoms with Crippen molar-refractivity contribution in [2.75, 3.05) is 18.4 Å². The molecule has 84 valence electrons. The number of nitrogens with zero attached hydrogens (tertiary/aromatic N) is 2. The first kappa shape index (κ1) is 12.6. The summed E-state index contributed by atoms with van der Waals surface area (Å²) >= 11 is 4.87. The largest absolute Gasteiger partial charge is 0.336 e. The molecule has 0 fully saturated rings. The summed E-state index contributed by atoms with van der Waals surface area (Å²) in [6.07, 6.45) is 0.974. The Kier molecular flexibility index (Phi) is 5.25. The standard InChI is InChI=1S/C10H15BrN2OS/c1-3-5-13(6-4-11)10(14)9-7-15-8(2)12-9/h7H,3-6H2,1-2H3. The third kappa shape index (κ3) is 3.57. The average molecular weight is 291 g/mol. The third-order valence-corrected chi connectivity index (χ3v) is 3.10. The highest BCUT2D eigenvalue weighted by Gasteiger charge is 2.16. The Bertz CT molecular complexity index is 321. The first-order valence-electron chi connectivity index (χ1n) is 4.96. The van der Waals surface area contributed by atoms with Crippen LogP contribution in [0.4, 0.5) is 0 Å². The molecule has 1 aromatic rings. The fourth-order valence-corrected chi connectivity index (χ4v) is 2.33. The molecule has 0 spiro atoms. The second-order valence-corrected chi connectivity index (χ2v) is 5.09. The van der Waals surface area contributed by atoms with E-state index in [1.54, 1.807) is 0 Å². The van der Waals surface area contributed by atoms with Crippen LogP contribution in [0, 0.1) is 6.92 Å². The van der Waals surface area contributed by atoms with Gasteiger partial charge in [-0.2, -0.15) is 0 Å². The van der Waals surface area contributed by atoms with Gasteiger partial charge in [-0.1, -0.05) is 22.9 Å². The van der Waals surface area contributed by atoms with Gasteiger partial charge < -0.3 is 4.90 Å². The third-order valence-electron chi connectivity index (χ3n) is 1.97. The minimum absolute atomic E-state index is 0.0423. The van der Waals surface area contributed by atoms with Gasteiger partial charge in [0, 0.05) is 23.8 Å². The van der Waals surface area contributed by atoms with Crippen LogP contribution in [0.1, 0.15) is 28.8 Å². The van der Waals surface area contributed by atoms with E-state index in [-0.39, 0.29) is 5.91 Å². The summed E-state index contributed by atoms with van der Waals surface area (Å²) in [4.78, 5) is 18.0. The number of rotatable bonds is 5. The number of hydrogen-bond donors (Lipinski definition) is 0. The first-order valence-corrected chi connectivity index (χ1v) is 6.96. The summed E-state index contributed by atoms with van der Waals surface area (Å²) in [7, 11) is 0. The van der Waals surface area contributed by atoms with Crippen molar-refractivity contribution in [2.45, 2.75) is 20.3 Å². The van der Waals surface area contributed by atoms with Gasteiger partial charge in [-0.05, 0) is 13.3 Å². The van der Waals surface area contributed by atoms with E-state index in [1.165, 1.54) is 11.3 Å². The van der Waals surface area contributed by atoms with Crippen LogP contribution in [0.5, 0.6) is 0 Å². The highest BCUT2D eigenvalue weighted by molar-refractivity contribution is 9.09. The molecule has 1 heterocycles. The lowest BCUT2D eigenvalue weighted by Gasteiger charge is -2.19. The number of amides is 1. The highest BCUT2D eigenvalue weighted by Crippen LogP contribution is 2.11. The van der Waals surface area contributed by atoms with Crippen LogP contribution in [-0.2, 0) is 0 Å². The van der Waals surface area contributed by atoms with Crippen LogP contribution in [0.15, 0.2) is 5.38 Å². The van der Waals surface area contributed by atoms with Crippen molar-refractivity contribution in [1.82, 2.24) is 9.88 Å². The van der Waals surface area contributed by atoms with Crippen LogP contribution in [0.3, 0.4) is 0 Å². The SMILES string of the molecule is CCCN(CCBr)C(=O)c1csc(C)n1. The van der Waals surface area contributed by atoms with Gasteiger partial charge in [0.1, 0.15) is 5.69 Å². The van der Waals surface area contributed by atoms with E-state index >= 15 is 0 Å². The Balaban J connectivity index is 2.71. The Hall–Kier alpha value is -0.420. The fraction of sp³-hybridized carbons (Fsp3) is 0.600. The molecule has 15 heavy (non-hydrogen) atoms. The normalized spacial score (nSPS) is 10.3. The summed E-state index contributed by atoms with van der Waals surface area (Å²) in [5, 5.41) is 3.57. The molecule has 1 rings (SSSR count). The van der Waals surface area contributed by atoms with Gasteiger partial charge in [0.2, 0.25) is 0 Å². The number of hydrogen-bond acceptors (Lipinski definition) is 3. The molecule has 1 amide bonds. The van der Waals surface area contributed by atoms with Gasteiger partial charge in [-0.15, -0.1) is 11.3 Å². The molecule has 3 nitrogen and oxygen atoms in total. The minimum atomic E-state index is 0.0423. The number of carbonyl (C=O) groups is 1. The second kappa shape index (κ2) is 6.23. The molecule has 0 aromatic carbocycles. The highest BCUT2D eigenvalue weighted by atomic mass is 79.9. The molecule has 0 bridgehead atoms. The molecule has 0 radical (unpaired) electrons. The first-order chi connectivity index (χ1) is 7.19. The predicted octanol–water partition coefficient (Wildman–Crippen LogP) is 2.70. The molecule has 0 saturated carbocycles. The maximum absolute atomic E-state index is 12.0. The molecule has 5 heteroatoms. The summed E-state index contributed by atoms with van der Waals surface area (Å²) in [6, 6.07) is 0. The maximum atomic E-state index is 12.0. The molecular formula is C10H15BrN2OS. The van der Waals surface area contributed by atoms with E-state index in [2.05, 4.69) is 27.8 Å². The summed E-state index contributed by atoms with van der Waals surface area (Å²) in [5.74, 6) is 0.0423. The Morgan fingerprint density at radius 2 is 2.33 bits per heavy atom. The van der Waals surface area contributed by atoms with Crippen molar-refractivity contribution in [3.63, 3.8) is 0 Å². The van der Waals surface area contributed by atoms with Gasteiger partial charge in [-0.25, -0.2) is 4.98 Å². The smallest absolute Gasteiger partial charge is 0.273 e. The number of aryl methyl sites for hydroxylation is 1. The average Bonchev–Trinajstić information content (AvgIpc) is 2.63. The van der Waals surface area contributed by atoms with Gasteiger partial charge in [-0.3, -0.25) is 4.79 Å². The zero-order valence-corrected chi connectivity index (χ0v) is 11.4. The van der Waals surface area contributed by atoms with Crippen molar-refractivity contribution >= 4 is 33.2 Å². The Morgan fingerprint density at radius 1 is 1.60 bits per heavy atom. The van der Waals surface area contributed by atoms with E-state index in [0.717, 1.165) is 29.8 Å². The van der Waals surface area contributed by atoms with Gasteiger partial charge in [0.05, 0.1) is 5.01 Å². The fourth-order valence-electron chi connectivity index (χ4n) is 1.31. The number of halogens is 1. The van der Waals surface area contributed by atoms with Crippen LogP contribution < -0.4 is 0 Å². The van der Waals surface area contributed by atoms with Crippen LogP contribution in [0.25, 0.3) is 0 Å². The van der Waals surface area contributed by atoms with E-state index < -0.39 is 0 Å². The zero-order valence-electron chi connectivity index (χ0n) is 8.99. The lowest BCUT2D eigenvalue weighted by atomic mass is 10.3. The Labute approximate surface area is 103 Å². The van der Waals surface area contributed by atoms with Crippen molar-refractivity contribution in [3.05, 3.63) is 16.1 Å². The summed E-state index contributed by atoms with van der Waals surface area (Å²) < 4.78 is 0. The lowest BCUT2D eigenvalue weighted by Crippen LogP contribution is -2.33. The molecule has 1 aromatic heterocycles. The van der Waals surface area contributed by atoms with E-state index in [4.69, 9.17) is 0 Å². The summed E-state index contributed by atoms with van der Waals surface area (Å²) in [5.41, 5.74) is 0.576. The monoisotopic (exact) mass is 290 g/mol. The lowest BCUT2D eigenvalue weighted by molar-refractivity contribution is 0.0761. The van der Waals surface area contributed by atoms with Crippen molar-refractivity contribution < 1.29 is 4.79 Å². The number of alkyl halides is 1. The van der Waals surface area contributed by atoms with Crippen molar-refractivity contribution in [2.24, 2.45) is 0 Å². The van der Waals surface area contributed by atoms with Gasteiger partial charge >= 0.3 is 0 Å². The van der Waals surface area contributed by atoms with Crippen LogP contribution in [0.2, 0.25) is 0 Å². The molecule has 0 unspecified atom stereocenters. The topological polar surface area (TPSA) is 33.2 Å². The molecule has 0 aliphatic rings. The van der Waals surface area contributed by atoms with Gasteiger partial charge in [0.15, 0.2) is 0 Å². The molecule has 0 aliphatic heterocycles. The van der Waals surface area contributed by atoms with Crippen molar-refractivity contribution in [1.29, 1.82) is 0 Å². The van der Waals surface area contributed by atoms with E-state index in [1.807, 2.05) is 17.2 Å². The predicted molar refractivity (Wildman–Crippen MR) is 66.8 cm³/mol. The number of aromatic nitrogens is 1. The van der Waals surface area contributed by atoms with Crippen LogP contribution in [-0.4, -0.2) is 34.2 Å². The molecule has 0 aliphatic carbocycles. The van der Waals surface area contributed by atoms with Crippen LogP contribution >= 0.6 is 27.3 Å². The minimum Gasteiger partial charge on any atom is -0.336 e. The number of carbonyl (C=O) groups excluding carboxylic acids is 1. The second-order valence-electron chi connectivity index (χ2n) is 3.23. The number of thiazole rings is 1. The molecule has 0 saturated heterocycles. The maximum Gasteiger partial charge on any atom is 0.273 e. The van der Waals surface area contributed by atoms with E-state index in [9.17, 15) is 4.79 Å². The quantitative estimate of drug-likeness (QED) is 0.781. The van der Waals surface area contributed by atoms with Crippen molar-refractivity contribution in [3.8, 4) is 0 Å². The van der Waals surface area contributed by atoms with Gasteiger partial charge in [0.25, 0.3) is 5.91 Å². The van der Waals surface area contributed by atoms with E-state index in [0.29, 0.717) is 5.69 Å². The summed E-state index contributed by atoms with van der Waals surface area (Å²) in [6.45, 7) is 5.52. The Morgan fingerprint density at radius 3 is 2.80 bits per heavy atom. The molecule has 0 N–H and O–H groups in total. The molecular weight excluding hydrogens is 276 g/mol. The zero-order chi connectivity index (χ0) is 11.3.